The first-order chi connectivity index (χ1) is 11.0. The molecule has 0 unspecified atom stereocenters. The van der Waals surface area contributed by atoms with Crippen molar-refractivity contribution in [3.63, 3.8) is 0 Å². The lowest BCUT2D eigenvalue weighted by molar-refractivity contribution is -0.162. The Morgan fingerprint density at radius 1 is 1.29 bits per heavy atom. The predicted octanol–water partition coefficient (Wildman–Crippen LogP) is 4.32. The molecule has 0 aromatic carbocycles. The van der Waals surface area contributed by atoms with E-state index >= 15 is 0 Å². The Labute approximate surface area is 146 Å². The van der Waals surface area contributed by atoms with Crippen molar-refractivity contribution in [1.82, 2.24) is 9.78 Å². The van der Waals surface area contributed by atoms with E-state index in [9.17, 15) is 4.79 Å². The second kappa shape index (κ2) is 7.86. The summed E-state index contributed by atoms with van der Waals surface area (Å²) in [4.78, 5) is 12.3. The van der Waals surface area contributed by atoms with Gasteiger partial charge in [-0.3, -0.25) is 4.79 Å². The third-order valence-electron chi connectivity index (χ3n) is 3.31. The highest BCUT2D eigenvalue weighted by Gasteiger charge is 2.30. The van der Waals surface area contributed by atoms with Crippen LogP contribution in [0.3, 0.4) is 0 Å². The van der Waals surface area contributed by atoms with E-state index in [2.05, 4.69) is 25.9 Å². The van der Waals surface area contributed by atoms with Gasteiger partial charge in [0.2, 0.25) is 5.88 Å². The van der Waals surface area contributed by atoms with Gasteiger partial charge in [0.05, 0.1) is 18.2 Å². The first-order valence-electron chi connectivity index (χ1n) is 8.58. The molecule has 0 saturated carbocycles. The van der Waals surface area contributed by atoms with Crippen LogP contribution in [0.1, 0.15) is 61.0 Å². The fourth-order valence-corrected chi connectivity index (χ4v) is 1.87. The van der Waals surface area contributed by atoms with E-state index in [1.807, 2.05) is 34.6 Å². The minimum absolute atomic E-state index is 0.265. The average Bonchev–Trinajstić information content (AvgIpc) is 2.83. The number of esters is 1. The van der Waals surface area contributed by atoms with E-state index in [1.54, 1.807) is 23.2 Å². The first-order valence-corrected chi connectivity index (χ1v) is 8.58. The molecule has 0 bridgehead atoms. The fraction of sp³-hybridized carbons (Fsp3) is 0.684. The van der Waals surface area contributed by atoms with Crippen LogP contribution in [-0.2, 0) is 16.0 Å². The Kier molecular flexibility index (Phi) is 6.64. The topological polar surface area (TPSA) is 53.4 Å². The van der Waals surface area contributed by atoms with Crippen LogP contribution in [0.2, 0.25) is 0 Å². The number of hydrogen-bond acceptors (Lipinski definition) is 4. The highest BCUT2D eigenvalue weighted by Crippen LogP contribution is 2.25. The second-order valence-electron chi connectivity index (χ2n) is 8.02. The lowest BCUT2D eigenvalue weighted by atomic mass is 9.93. The summed E-state index contributed by atoms with van der Waals surface area (Å²) >= 11 is 0. The normalized spacial score (nSPS) is 12.9. The van der Waals surface area contributed by atoms with Gasteiger partial charge in [-0.05, 0) is 53.0 Å². The van der Waals surface area contributed by atoms with E-state index in [-0.39, 0.29) is 5.97 Å². The van der Waals surface area contributed by atoms with Crippen molar-refractivity contribution >= 4 is 12.2 Å². The van der Waals surface area contributed by atoms with Crippen molar-refractivity contribution in [3.05, 3.63) is 17.8 Å². The molecule has 5 nitrogen and oxygen atoms in total. The van der Waals surface area contributed by atoms with Gasteiger partial charge < -0.3 is 9.47 Å². The fourth-order valence-electron chi connectivity index (χ4n) is 1.87. The van der Waals surface area contributed by atoms with Gasteiger partial charge in [0.25, 0.3) is 0 Å². The Morgan fingerprint density at radius 2 is 1.92 bits per heavy atom. The summed E-state index contributed by atoms with van der Waals surface area (Å²) in [5, 5.41) is 4.35. The number of hydrogen-bond donors (Lipinski definition) is 0. The van der Waals surface area contributed by atoms with Gasteiger partial charge in [-0.2, -0.15) is 5.10 Å². The predicted molar refractivity (Wildman–Crippen MR) is 96.9 cm³/mol. The third kappa shape index (κ3) is 6.02. The number of aryl methyl sites for hydroxylation is 1. The quantitative estimate of drug-likeness (QED) is 0.696. The zero-order valence-corrected chi connectivity index (χ0v) is 16.3. The molecule has 0 fully saturated rings. The number of carbonyl (C=O) groups excluding carboxylic acids is 1. The minimum atomic E-state index is -0.749. The standard InChI is InChI=1S/C19H32N2O3/c1-9-15-12-20-21(16(15)23-13-14(2)3)11-10-19(7,8)17(22)24-18(4,5)6/h10-12,14H,9,13H2,1-8H3. The van der Waals surface area contributed by atoms with Crippen LogP contribution in [0.15, 0.2) is 12.3 Å². The minimum Gasteiger partial charge on any atom is -0.477 e. The Hall–Kier alpha value is -1.78. The van der Waals surface area contributed by atoms with Crippen LogP contribution < -0.4 is 4.74 Å². The molecule has 1 heterocycles. The largest absolute Gasteiger partial charge is 0.477 e. The molecular formula is C19H32N2O3. The van der Waals surface area contributed by atoms with Gasteiger partial charge in [0.1, 0.15) is 5.60 Å². The van der Waals surface area contributed by atoms with Crippen LogP contribution >= 0.6 is 0 Å². The summed E-state index contributed by atoms with van der Waals surface area (Å²) in [6.45, 7) is 16.2. The molecule has 136 valence electrons. The van der Waals surface area contributed by atoms with Gasteiger partial charge in [-0.1, -0.05) is 20.8 Å². The second-order valence-corrected chi connectivity index (χ2v) is 8.02. The molecule has 24 heavy (non-hydrogen) atoms. The third-order valence-corrected chi connectivity index (χ3v) is 3.31. The molecule has 1 rings (SSSR count). The summed E-state index contributed by atoms with van der Waals surface area (Å²) in [5.74, 6) is 0.904. The van der Waals surface area contributed by atoms with Gasteiger partial charge in [0, 0.05) is 11.8 Å². The molecule has 0 saturated heterocycles. The molecule has 0 radical (unpaired) electrons. The van der Waals surface area contributed by atoms with Gasteiger partial charge >= 0.3 is 5.97 Å². The molecular weight excluding hydrogens is 304 g/mol. The van der Waals surface area contributed by atoms with E-state index in [1.165, 1.54) is 0 Å². The first kappa shape index (κ1) is 20.3. The molecule has 0 N–H and O–H groups in total. The summed E-state index contributed by atoms with van der Waals surface area (Å²) in [6.07, 6.45) is 6.23. The highest BCUT2D eigenvalue weighted by molar-refractivity contribution is 5.79. The number of ether oxygens (including phenoxy) is 2. The molecule has 0 atom stereocenters. The molecule has 5 heteroatoms. The van der Waals surface area contributed by atoms with Crippen molar-refractivity contribution < 1.29 is 14.3 Å². The zero-order chi connectivity index (χ0) is 18.5. The van der Waals surface area contributed by atoms with Gasteiger partial charge in [-0.25, -0.2) is 4.68 Å². The summed E-state index contributed by atoms with van der Waals surface area (Å²) in [6, 6.07) is 0. The number of carbonyl (C=O) groups is 1. The molecule has 0 spiro atoms. The lowest BCUT2D eigenvalue weighted by Gasteiger charge is -2.26. The van der Waals surface area contributed by atoms with Crippen molar-refractivity contribution in [2.75, 3.05) is 6.61 Å². The summed E-state index contributed by atoms with van der Waals surface area (Å²) in [5.41, 5.74) is -0.203. The van der Waals surface area contributed by atoms with Crippen LogP contribution in [0, 0.1) is 11.3 Å². The maximum atomic E-state index is 12.3. The number of nitrogens with zero attached hydrogens (tertiary/aromatic N) is 2. The van der Waals surface area contributed by atoms with Crippen LogP contribution in [0.4, 0.5) is 0 Å². The van der Waals surface area contributed by atoms with Crippen molar-refractivity contribution in [1.29, 1.82) is 0 Å². The molecule has 0 aliphatic rings. The maximum Gasteiger partial charge on any atom is 0.315 e. The van der Waals surface area contributed by atoms with Gasteiger partial charge in [-0.15, -0.1) is 0 Å². The molecule has 0 amide bonds. The molecule has 1 aromatic heterocycles. The van der Waals surface area contributed by atoms with E-state index in [0.29, 0.717) is 12.5 Å². The van der Waals surface area contributed by atoms with Crippen LogP contribution in [0.5, 0.6) is 5.88 Å². The maximum absolute atomic E-state index is 12.3. The van der Waals surface area contributed by atoms with Crippen molar-refractivity contribution in [2.24, 2.45) is 11.3 Å². The Morgan fingerprint density at radius 3 is 2.42 bits per heavy atom. The number of aromatic nitrogens is 2. The van der Waals surface area contributed by atoms with E-state index in [0.717, 1.165) is 17.9 Å². The SMILES string of the molecule is CCc1cnn(C=CC(C)(C)C(=O)OC(C)(C)C)c1OCC(C)C. The summed E-state index contributed by atoms with van der Waals surface area (Å²) in [7, 11) is 0. The van der Waals surface area contributed by atoms with Gasteiger partial charge in [0.15, 0.2) is 0 Å². The lowest BCUT2D eigenvalue weighted by Crippen LogP contribution is -2.32. The Balaban J connectivity index is 2.96. The van der Waals surface area contributed by atoms with E-state index < -0.39 is 11.0 Å². The summed E-state index contributed by atoms with van der Waals surface area (Å²) < 4.78 is 13.1. The molecule has 1 aromatic rings. The highest BCUT2D eigenvalue weighted by atomic mass is 16.6. The van der Waals surface area contributed by atoms with Crippen molar-refractivity contribution in [3.8, 4) is 5.88 Å². The van der Waals surface area contributed by atoms with Crippen LogP contribution in [0.25, 0.3) is 6.20 Å². The Bertz CT molecular complexity index is 578. The average molecular weight is 336 g/mol. The zero-order valence-electron chi connectivity index (χ0n) is 16.3. The molecule has 0 aliphatic carbocycles. The van der Waals surface area contributed by atoms with E-state index in [4.69, 9.17) is 9.47 Å². The van der Waals surface area contributed by atoms with Crippen LogP contribution in [-0.4, -0.2) is 28.0 Å². The monoisotopic (exact) mass is 336 g/mol. The smallest absolute Gasteiger partial charge is 0.315 e. The molecule has 0 aliphatic heterocycles. The number of rotatable bonds is 7. The van der Waals surface area contributed by atoms with Crippen molar-refractivity contribution in [2.45, 2.75) is 67.4 Å².